The van der Waals surface area contributed by atoms with E-state index in [0.717, 1.165) is 12.1 Å². The molecule has 0 saturated carbocycles. The Morgan fingerprint density at radius 2 is 2.08 bits per heavy atom. The number of nitrogens with zero attached hydrogens (tertiary/aromatic N) is 3. The van der Waals surface area contributed by atoms with Gasteiger partial charge in [0.15, 0.2) is 10.1 Å². The van der Waals surface area contributed by atoms with E-state index in [-0.39, 0.29) is 22.8 Å². The number of aryl methyl sites for hydroxylation is 1. The summed E-state index contributed by atoms with van der Waals surface area (Å²) >= 11 is 2.60. The molecule has 0 atom stereocenters. The van der Waals surface area contributed by atoms with Crippen molar-refractivity contribution in [1.29, 1.82) is 5.26 Å². The van der Waals surface area contributed by atoms with Gasteiger partial charge in [-0.25, -0.2) is 0 Å². The summed E-state index contributed by atoms with van der Waals surface area (Å²) in [5.41, 5.74) is 7.96. The molecule has 0 unspecified atom stereocenters. The van der Waals surface area contributed by atoms with E-state index in [9.17, 15) is 4.79 Å². The Labute approximate surface area is 148 Å². The third-order valence-electron chi connectivity index (χ3n) is 3.13. The van der Waals surface area contributed by atoms with Crippen LogP contribution in [0.1, 0.15) is 19.4 Å². The van der Waals surface area contributed by atoms with Crippen LogP contribution in [-0.4, -0.2) is 21.7 Å². The highest BCUT2D eigenvalue weighted by Gasteiger charge is 2.14. The van der Waals surface area contributed by atoms with Crippen LogP contribution in [0.2, 0.25) is 0 Å². The summed E-state index contributed by atoms with van der Waals surface area (Å²) in [7, 11) is 0. The van der Waals surface area contributed by atoms with Crippen LogP contribution in [0.3, 0.4) is 0 Å². The fraction of sp³-hybridized carbons (Fsp3) is 0.250. The monoisotopic (exact) mass is 359 g/mol. The van der Waals surface area contributed by atoms with Crippen molar-refractivity contribution in [3.63, 3.8) is 0 Å². The lowest BCUT2D eigenvalue weighted by Gasteiger charge is -2.02. The lowest BCUT2D eigenvalue weighted by molar-refractivity contribution is -0.112. The summed E-state index contributed by atoms with van der Waals surface area (Å²) in [5.74, 6) is -0.195. The SMILES string of the molecule is CCc1ccc(Nc2nnc(SCC(=O)/C(C#N)=C(\C)N)s2)cc1. The van der Waals surface area contributed by atoms with Crippen molar-refractivity contribution in [2.45, 2.75) is 24.6 Å². The Hall–Kier alpha value is -2.37. The Balaban J connectivity index is 1.94. The fourth-order valence-corrected chi connectivity index (χ4v) is 3.48. The molecule has 0 fully saturated rings. The fourth-order valence-electron chi connectivity index (χ4n) is 1.84. The average Bonchev–Trinajstić information content (AvgIpc) is 3.01. The van der Waals surface area contributed by atoms with Crippen LogP contribution in [0.25, 0.3) is 0 Å². The van der Waals surface area contributed by atoms with Gasteiger partial charge >= 0.3 is 0 Å². The third kappa shape index (κ3) is 4.81. The van der Waals surface area contributed by atoms with Crippen molar-refractivity contribution in [2.75, 3.05) is 11.1 Å². The molecule has 0 aliphatic carbocycles. The first-order chi connectivity index (χ1) is 11.5. The van der Waals surface area contributed by atoms with Crippen molar-refractivity contribution in [3.8, 4) is 6.07 Å². The summed E-state index contributed by atoms with van der Waals surface area (Å²) in [6, 6.07) is 9.93. The van der Waals surface area contributed by atoms with E-state index >= 15 is 0 Å². The molecular formula is C16H17N5OS2. The number of Topliss-reactive ketones (excluding diaryl/α,β-unsaturated/α-hetero) is 1. The highest BCUT2D eigenvalue weighted by molar-refractivity contribution is 8.01. The summed E-state index contributed by atoms with van der Waals surface area (Å²) < 4.78 is 0.656. The van der Waals surface area contributed by atoms with E-state index in [4.69, 9.17) is 11.0 Å². The molecule has 0 radical (unpaired) electrons. The number of carbonyl (C=O) groups is 1. The maximum atomic E-state index is 11.9. The highest BCUT2D eigenvalue weighted by atomic mass is 32.2. The van der Waals surface area contributed by atoms with Gasteiger partial charge in [0.05, 0.1) is 5.75 Å². The minimum atomic E-state index is -0.303. The molecule has 2 rings (SSSR count). The van der Waals surface area contributed by atoms with E-state index in [2.05, 4.69) is 34.6 Å². The molecule has 0 bridgehead atoms. The second-order valence-corrected chi connectivity index (χ2v) is 7.13. The van der Waals surface area contributed by atoms with Gasteiger partial charge in [-0.3, -0.25) is 4.79 Å². The predicted octanol–water partition coefficient (Wildman–Crippen LogP) is 3.26. The van der Waals surface area contributed by atoms with E-state index in [1.165, 1.54) is 35.6 Å². The van der Waals surface area contributed by atoms with Gasteiger partial charge in [0.2, 0.25) is 5.13 Å². The molecule has 6 nitrogen and oxygen atoms in total. The second-order valence-electron chi connectivity index (χ2n) is 4.93. The number of hydrogen-bond donors (Lipinski definition) is 2. The van der Waals surface area contributed by atoms with Crippen molar-refractivity contribution in [1.82, 2.24) is 10.2 Å². The molecule has 1 aromatic heterocycles. The maximum absolute atomic E-state index is 11.9. The molecule has 2 aromatic rings. The first-order valence-electron chi connectivity index (χ1n) is 7.25. The van der Waals surface area contributed by atoms with Crippen molar-refractivity contribution in [3.05, 3.63) is 41.1 Å². The molecule has 8 heteroatoms. The van der Waals surface area contributed by atoms with Crippen molar-refractivity contribution in [2.24, 2.45) is 5.73 Å². The van der Waals surface area contributed by atoms with Crippen molar-refractivity contribution >= 4 is 39.7 Å². The second kappa shape index (κ2) is 8.47. The molecule has 1 aromatic carbocycles. The van der Waals surface area contributed by atoms with Gasteiger partial charge in [0.1, 0.15) is 11.6 Å². The molecule has 0 spiro atoms. The Bertz CT molecular complexity index is 786. The number of aromatic nitrogens is 2. The summed E-state index contributed by atoms with van der Waals surface area (Å²) in [6.45, 7) is 3.65. The number of nitriles is 1. The van der Waals surface area contributed by atoms with Crippen molar-refractivity contribution < 1.29 is 4.79 Å². The Morgan fingerprint density at radius 3 is 2.67 bits per heavy atom. The summed E-state index contributed by atoms with van der Waals surface area (Å²) in [5, 5.41) is 20.8. The van der Waals surface area contributed by atoms with Gasteiger partial charge in [-0.15, -0.1) is 10.2 Å². The zero-order valence-corrected chi connectivity index (χ0v) is 15.0. The van der Waals surface area contributed by atoms with Crippen LogP contribution in [0, 0.1) is 11.3 Å². The lowest BCUT2D eigenvalue weighted by atomic mass is 10.1. The van der Waals surface area contributed by atoms with E-state index in [1.807, 2.05) is 18.2 Å². The van der Waals surface area contributed by atoms with Gasteiger partial charge in [0.25, 0.3) is 0 Å². The largest absolute Gasteiger partial charge is 0.401 e. The number of rotatable bonds is 7. The van der Waals surface area contributed by atoms with Crippen LogP contribution in [-0.2, 0) is 11.2 Å². The van der Waals surface area contributed by atoms with Crippen LogP contribution < -0.4 is 11.1 Å². The molecule has 1 heterocycles. The first kappa shape index (κ1) is 18.0. The van der Waals surface area contributed by atoms with Gasteiger partial charge in [-0.2, -0.15) is 5.26 Å². The molecule has 0 saturated heterocycles. The van der Waals surface area contributed by atoms with Gasteiger partial charge in [-0.1, -0.05) is 42.2 Å². The van der Waals surface area contributed by atoms with E-state index in [0.29, 0.717) is 9.47 Å². The molecule has 0 aliphatic rings. The lowest BCUT2D eigenvalue weighted by Crippen LogP contribution is -2.10. The van der Waals surface area contributed by atoms with Crippen LogP contribution in [0.15, 0.2) is 39.9 Å². The number of carbonyl (C=O) groups excluding carboxylic acids is 1. The zero-order valence-electron chi connectivity index (χ0n) is 13.4. The minimum Gasteiger partial charge on any atom is -0.401 e. The summed E-state index contributed by atoms with van der Waals surface area (Å²) in [4.78, 5) is 11.9. The maximum Gasteiger partial charge on any atom is 0.210 e. The van der Waals surface area contributed by atoms with Crippen LogP contribution >= 0.6 is 23.1 Å². The average molecular weight is 359 g/mol. The standard InChI is InChI=1S/C16H17N5OS2/c1-3-11-4-6-12(7-5-11)19-15-20-21-16(24-15)23-9-14(22)13(8-17)10(2)18/h4-7H,3,9,18H2,1-2H3,(H,19,20)/b13-10+. The number of ketones is 1. The van der Waals surface area contributed by atoms with E-state index < -0.39 is 0 Å². The smallest absolute Gasteiger partial charge is 0.210 e. The van der Waals surface area contributed by atoms with Crippen LogP contribution in [0.5, 0.6) is 0 Å². The van der Waals surface area contributed by atoms with Gasteiger partial charge in [0, 0.05) is 11.4 Å². The highest BCUT2D eigenvalue weighted by Crippen LogP contribution is 2.28. The predicted molar refractivity (Wildman–Crippen MR) is 97.2 cm³/mol. The molecule has 124 valence electrons. The normalized spacial score (nSPS) is 11.5. The van der Waals surface area contributed by atoms with E-state index in [1.54, 1.807) is 0 Å². The molecule has 0 amide bonds. The number of allylic oxidation sites excluding steroid dienone is 2. The molecule has 0 aliphatic heterocycles. The first-order valence-corrected chi connectivity index (χ1v) is 9.05. The number of nitrogens with one attached hydrogen (secondary N) is 1. The minimum absolute atomic E-state index is 0.00128. The number of anilines is 2. The molecule has 3 N–H and O–H groups in total. The van der Waals surface area contributed by atoms with Gasteiger partial charge < -0.3 is 11.1 Å². The number of thioether (sulfide) groups is 1. The Kier molecular flexibility index (Phi) is 6.35. The number of benzene rings is 1. The molecular weight excluding hydrogens is 342 g/mol. The zero-order chi connectivity index (χ0) is 17.5. The third-order valence-corrected chi connectivity index (χ3v) is 5.10. The van der Waals surface area contributed by atoms with Crippen LogP contribution in [0.4, 0.5) is 10.8 Å². The topological polar surface area (TPSA) is 105 Å². The number of nitrogens with two attached hydrogens (primary N) is 1. The molecule has 24 heavy (non-hydrogen) atoms. The Morgan fingerprint density at radius 1 is 1.38 bits per heavy atom. The number of hydrogen-bond acceptors (Lipinski definition) is 8. The van der Waals surface area contributed by atoms with Gasteiger partial charge in [-0.05, 0) is 31.0 Å². The quantitative estimate of drug-likeness (QED) is 0.444. The summed E-state index contributed by atoms with van der Waals surface area (Å²) in [6.07, 6.45) is 0.995.